The number of hydrogen-bond acceptors (Lipinski definition) is 4. The van der Waals surface area contributed by atoms with Gasteiger partial charge in [0.05, 0.1) is 21.3 Å². The Kier molecular flexibility index (Phi) is 7.50. The molecular formula is C23H29NO4. The van der Waals surface area contributed by atoms with Gasteiger partial charge >= 0.3 is 0 Å². The zero-order valence-corrected chi connectivity index (χ0v) is 17.5. The van der Waals surface area contributed by atoms with Crippen LogP contribution in [0.4, 0.5) is 0 Å². The number of methoxy groups -OCH3 is 3. The van der Waals surface area contributed by atoms with E-state index in [1.54, 1.807) is 39.5 Å². The van der Waals surface area contributed by atoms with E-state index in [-0.39, 0.29) is 11.9 Å². The third-order valence-corrected chi connectivity index (χ3v) is 4.56. The lowest BCUT2D eigenvalue weighted by atomic mass is 10.00. The Bertz CT molecular complexity index is 858. The van der Waals surface area contributed by atoms with E-state index < -0.39 is 0 Å². The predicted octanol–water partition coefficient (Wildman–Crippen LogP) is 4.09. The van der Waals surface area contributed by atoms with E-state index in [4.69, 9.17) is 14.2 Å². The molecule has 0 saturated carbocycles. The van der Waals surface area contributed by atoms with E-state index >= 15 is 0 Å². The number of aryl methyl sites for hydroxylation is 2. The van der Waals surface area contributed by atoms with E-state index in [2.05, 4.69) is 37.4 Å². The predicted molar refractivity (Wildman–Crippen MR) is 112 cm³/mol. The first kappa shape index (κ1) is 21.4. The summed E-state index contributed by atoms with van der Waals surface area (Å²) in [5.74, 6) is 1.59. The summed E-state index contributed by atoms with van der Waals surface area (Å²) in [7, 11) is 4.71. The number of amides is 1. The molecule has 1 atom stereocenters. The SMILES string of the molecule is COc1cc(OC)c(OC)cc1/C=C/C(=O)NC(C)Cc1ccc(C)cc1C. The van der Waals surface area contributed by atoms with Crippen LogP contribution in [0.2, 0.25) is 0 Å². The number of rotatable bonds is 8. The minimum atomic E-state index is -0.158. The maximum Gasteiger partial charge on any atom is 0.244 e. The number of ether oxygens (including phenoxy) is 3. The topological polar surface area (TPSA) is 56.8 Å². The summed E-state index contributed by atoms with van der Waals surface area (Å²) in [6, 6.07) is 9.91. The van der Waals surface area contributed by atoms with Gasteiger partial charge in [0, 0.05) is 23.7 Å². The van der Waals surface area contributed by atoms with Crippen LogP contribution < -0.4 is 19.5 Å². The van der Waals surface area contributed by atoms with Gasteiger partial charge in [-0.3, -0.25) is 4.79 Å². The van der Waals surface area contributed by atoms with Gasteiger partial charge < -0.3 is 19.5 Å². The Morgan fingerprint density at radius 1 is 1.00 bits per heavy atom. The molecule has 0 radical (unpaired) electrons. The third-order valence-electron chi connectivity index (χ3n) is 4.56. The number of nitrogens with one attached hydrogen (secondary N) is 1. The van der Waals surface area contributed by atoms with Crippen molar-refractivity contribution in [2.24, 2.45) is 0 Å². The first-order chi connectivity index (χ1) is 13.4. The zero-order chi connectivity index (χ0) is 20.7. The molecule has 0 saturated heterocycles. The van der Waals surface area contributed by atoms with Crippen molar-refractivity contribution in [2.45, 2.75) is 33.2 Å². The molecule has 2 rings (SSSR count). The summed E-state index contributed by atoms with van der Waals surface area (Å²) in [5.41, 5.74) is 4.46. The monoisotopic (exact) mass is 383 g/mol. The van der Waals surface area contributed by atoms with Gasteiger partial charge in [0.25, 0.3) is 0 Å². The normalized spacial score (nSPS) is 11.9. The summed E-state index contributed by atoms with van der Waals surface area (Å²) in [6.07, 6.45) is 3.99. The minimum absolute atomic E-state index is 0.0193. The molecule has 2 aromatic rings. The van der Waals surface area contributed by atoms with E-state index in [0.29, 0.717) is 17.2 Å². The van der Waals surface area contributed by atoms with Crippen LogP contribution in [0.5, 0.6) is 17.2 Å². The molecule has 2 aromatic carbocycles. The van der Waals surface area contributed by atoms with Crippen LogP contribution in [-0.2, 0) is 11.2 Å². The van der Waals surface area contributed by atoms with Gasteiger partial charge in [0.15, 0.2) is 11.5 Å². The van der Waals surface area contributed by atoms with Crippen molar-refractivity contribution in [1.82, 2.24) is 5.32 Å². The highest BCUT2D eigenvalue weighted by molar-refractivity contribution is 5.92. The fourth-order valence-corrected chi connectivity index (χ4v) is 3.10. The maximum atomic E-state index is 12.3. The average molecular weight is 383 g/mol. The molecular weight excluding hydrogens is 354 g/mol. The second-order valence-electron chi connectivity index (χ2n) is 6.83. The summed E-state index contributed by atoms with van der Waals surface area (Å²) >= 11 is 0. The second kappa shape index (κ2) is 9.83. The quantitative estimate of drug-likeness (QED) is 0.698. The fourth-order valence-electron chi connectivity index (χ4n) is 3.10. The Morgan fingerprint density at radius 3 is 2.25 bits per heavy atom. The number of carbonyl (C=O) groups is 1. The lowest BCUT2D eigenvalue weighted by Crippen LogP contribution is -2.32. The lowest BCUT2D eigenvalue weighted by molar-refractivity contribution is -0.117. The minimum Gasteiger partial charge on any atom is -0.496 e. The van der Waals surface area contributed by atoms with Gasteiger partial charge in [-0.15, -0.1) is 0 Å². The van der Waals surface area contributed by atoms with Gasteiger partial charge in [-0.05, 0) is 50.5 Å². The molecule has 1 amide bonds. The van der Waals surface area contributed by atoms with Crippen molar-refractivity contribution < 1.29 is 19.0 Å². The third kappa shape index (κ3) is 5.52. The molecule has 150 valence electrons. The van der Waals surface area contributed by atoms with Crippen LogP contribution in [0.25, 0.3) is 6.08 Å². The van der Waals surface area contributed by atoms with Crippen molar-refractivity contribution in [3.8, 4) is 17.2 Å². The smallest absolute Gasteiger partial charge is 0.244 e. The summed E-state index contributed by atoms with van der Waals surface area (Å²) in [6.45, 7) is 6.18. The van der Waals surface area contributed by atoms with Gasteiger partial charge in [0.1, 0.15) is 5.75 Å². The molecule has 0 aliphatic carbocycles. The van der Waals surface area contributed by atoms with E-state index in [1.807, 2.05) is 6.92 Å². The van der Waals surface area contributed by atoms with Crippen molar-refractivity contribution in [3.63, 3.8) is 0 Å². The van der Waals surface area contributed by atoms with Gasteiger partial charge in [0.2, 0.25) is 5.91 Å². The molecule has 5 nitrogen and oxygen atoms in total. The summed E-state index contributed by atoms with van der Waals surface area (Å²) in [4.78, 5) is 12.3. The van der Waals surface area contributed by atoms with Crippen molar-refractivity contribution >= 4 is 12.0 Å². The Morgan fingerprint density at radius 2 is 1.64 bits per heavy atom. The summed E-state index contributed by atoms with van der Waals surface area (Å²) < 4.78 is 16.0. The molecule has 0 heterocycles. The maximum absolute atomic E-state index is 12.3. The molecule has 28 heavy (non-hydrogen) atoms. The van der Waals surface area contributed by atoms with E-state index in [0.717, 1.165) is 12.0 Å². The number of benzene rings is 2. The highest BCUT2D eigenvalue weighted by Crippen LogP contribution is 2.35. The zero-order valence-electron chi connectivity index (χ0n) is 17.5. The van der Waals surface area contributed by atoms with Gasteiger partial charge in [-0.25, -0.2) is 0 Å². The average Bonchev–Trinajstić information content (AvgIpc) is 2.67. The Balaban J connectivity index is 2.06. The van der Waals surface area contributed by atoms with Crippen LogP contribution in [0.3, 0.4) is 0 Å². The molecule has 0 bridgehead atoms. The molecule has 1 N–H and O–H groups in total. The molecule has 1 unspecified atom stereocenters. The Hall–Kier alpha value is -2.95. The largest absolute Gasteiger partial charge is 0.496 e. The molecule has 0 fully saturated rings. The van der Waals surface area contributed by atoms with Crippen molar-refractivity contribution in [1.29, 1.82) is 0 Å². The lowest BCUT2D eigenvalue weighted by Gasteiger charge is -2.15. The van der Waals surface area contributed by atoms with Gasteiger partial charge in [-0.1, -0.05) is 23.8 Å². The van der Waals surface area contributed by atoms with Crippen LogP contribution in [-0.4, -0.2) is 33.3 Å². The highest BCUT2D eigenvalue weighted by Gasteiger charge is 2.11. The molecule has 0 aliphatic heterocycles. The van der Waals surface area contributed by atoms with Crippen LogP contribution in [0.15, 0.2) is 36.4 Å². The Labute approximate surface area is 167 Å². The van der Waals surface area contributed by atoms with Crippen LogP contribution in [0, 0.1) is 13.8 Å². The van der Waals surface area contributed by atoms with E-state index in [1.165, 1.54) is 22.8 Å². The van der Waals surface area contributed by atoms with E-state index in [9.17, 15) is 4.79 Å². The number of hydrogen-bond donors (Lipinski definition) is 1. The second-order valence-corrected chi connectivity index (χ2v) is 6.83. The molecule has 0 aromatic heterocycles. The first-order valence-corrected chi connectivity index (χ1v) is 9.22. The van der Waals surface area contributed by atoms with Crippen molar-refractivity contribution in [3.05, 3.63) is 58.7 Å². The van der Waals surface area contributed by atoms with Crippen molar-refractivity contribution in [2.75, 3.05) is 21.3 Å². The molecule has 0 aliphatic rings. The number of carbonyl (C=O) groups excluding carboxylic acids is 1. The summed E-state index contributed by atoms with van der Waals surface area (Å²) in [5, 5.41) is 3.01. The fraction of sp³-hybridized carbons (Fsp3) is 0.348. The molecule has 0 spiro atoms. The standard InChI is InChI=1S/C23H29NO4/c1-15-7-8-18(16(2)11-15)12-17(3)24-23(25)10-9-19-13-21(27-5)22(28-6)14-20(19)26-4/h7-11,13-14,17H,12H2,1-6H3,(H,24,25)/b10-9+. The first-order valence-electron chi connectivity index (χ1n) is 9.22. The molecule has 5 heteroatoms. The van der Waals surface area contributed by atoms with Crippen LogP contribution >= 0.6 is 0 Å². The van der Waals surface area contributed by atoms with Gasteiger partial charge in [-0.2, -0.15) is 0 Å². The van der Waals surface area contributed by atoms with Crippen LogP contribution in [0.1, 0.15) is 29.2 Å². The highest BCUT2D eigenvalue weighted by atomic mass is 16.5.